The quantitative estimate of drug-likeness (QED) is 0.141. The van der Waals surface area contributed by atoms with Gasteiger partial charge in [-0.3, -0.25) is 0 Å². The molecular weight excluding hydrogens is 523 g/mol. The number of ether oxygens (including phenoxy) is 1. The van der Waals surface area contributed by atoms with E-state index in [4.69, 9.17) is 9.73 Å². The maximum Gasteiger partial charge on any atom is 0.191 e. The van der Waals surface area contributed by atoms with Crippen molar-refractivity contribution in [2.45, 2.75) is 58.8 Å². The van der Waals surface area contributed by atoms with Crippen LogP contribution in [0.3, 0.4) is 0 Å². The Hall–Kier alpha value is -1.49. The molecule has 174 valence electrons. The normalized spacial score (nSPS) is 11.4. The minimum absolute atomic E-state index is 0. The summed E-state index contributed by atoms with van der Waals surface area (Å²) in [5, 5.41) is 16.5. The summed E-state index contributed by atoms with van der Waals surface area (Å²) in [6, 6.07) is 6.21. The number of benzene rings is 1. The molecule has 0 aliphatic rings. The Morgan fingerprint density at radius 3 is 2.68 bits per heavy atom. The van der Waals surface area contributed by atoms with Gasteiger partial charge in [0.15, 0.2) is 11.1 Å². The van der Waals surface area contributed by atoms with Crippen molar-refractivity contribution in [3.05, 3.63) is 35.2 Å². The van der Waals surface area contributed by atoms with Crippen molar-refractivity contribution in [3.63, 3.8) is 0 Å². The fraction of sp³-hybridized carbons (Fsp3) is 0.591. The second-order valence-corrected chi connectivity index (χ2v) is 8.42. The molecule has 0 spiro atoms. The summed E-state index contributed by atoms with van der Waals surface area (Å²) in [7, 11) is 1.70. The van der Waals surface area contributed by atoms with Gasteiger partial charge >= 0.3 is 0 Å². The molecule has 0 aliphatic carbocycles. The van der Waals surface area contributed by atoms with E-state index in [1.54, 1.807) is 18.9 Å². The molecule has 0 radical (unpaired) electrons. The van der Waals surface area contributed by atoms with Gasteiger partial charge in [-0.2, -0.15) is 0 Å². The van der Waals surface area contributed by atoms with Crippen LogP contribution < -0.4 is 15.4 Å². The van der Waals surface area contributed by atoms with Gasteiger partial charge in [0, 0.05) is 31.6 Å². The summed E-state index contributed by atoms with van der Waals surface area (Å²) in [6.07, 6.45) is 3.90. The number of aromatic nitrogens is 3. The minimum Gasteiger partial charge on any atom is -0.496 e. The van der Waals surface area contributed by atoms with Crippen molar-refractivity contribution in [1.29, 1.82) is 0 Å². The zero-order chi connectivity index (χ0) is 21.9. The van der Waals surface area contributed by atoms with Gasteiger partial charge in [0.25, 0.3) is 0 Å². The molecule has 0 amide bonds. The van der Waals surface area contributed by atoms with E-state index >= 15 is 0 Å². The monoisotopic (exact) mass is 560 g/mol. The lowest BCUT2D eigenvalue weighted by molar-refractivity contribution is 0.409. The van der Waals surface area contributed by atoms with Gasteiger partial charge in [0.1, 0.15) is 11.6 Å². The number of nitrogens with one attached hydrogen (secondary N) is 2. The van der Waals surface area contributed by atoms with Gasteiger partial charge in [-0.05, 0) is 44.1 Å². The number of aliphatic imine (C=N–C) groups is 1. The number of hydrogen-bond donors (Lipinski definition) is 2. The zero-order valence-corrected chi connectivity index (χ0v) is 22.7. The predicted octanol–water partition coefficient (Wildman–Crippen LogP) is 4.28. The van der Waals surface area contributed by atoms with Crippen LogP contribution >= 0.6 is 35.7 Å². The van der Waals surface area contributed by atoms with Crippen molar-refractivity contribution in [2.24, 2.45) is 10.9 Å². The minimum atomic E-state index is 0. The summed E-state index contributed by atoms with van der Waals surface area (Å²) in [4.78, 5) is 4.72. The van der Waals surface area contributed by atoms with Crippen molar-refractivity contribution in [2.75, 3.05) is 26.5 Å². The van der Waals surface area contributed by atoms with E-state index in [1.165, 1.54) is 5.56 Å². The SMILES string of the molecule is CCNC(=NCc1ccc(C)cc1OC)NCCCc1nnc(SC)n1CC(C)C.I. The van der Waals surface area contributed by atoms with Gasteiger partial charge in [-0.15, -0.1) is 34.2 Å². The van der Waals surface area contributed by atoms with E-state index in [0.29, 0.717) is 12.5 Å². The number of guanidine groups is 1. The van der Waals surface area contributed by atoms with Crippen LogP contribution in [0, 0.1) is 12.8 Å². The Morgan fingerprint density at radius 2 is 2.03 bits per heavy atom. The van der Waals surface area contributed by atoms with E-state index in [-0.39, 0.29) is 24.0 Å². The lowest BCUT2D eigenvalue weighted by Crippen LogP contribution is -2.38. The maximum absolute atomic E-state index is 5.49. The number of halogens is 1. The summed E-state index contributed by atoms with van der Waals surface area (Å²) in [6.45, 7) is 11.7. The molecule has 0 bridgehead atoms. The van der Waals surface area contributed by atoms with Crippen LogP contribution in [-0.2, 0) is 19.5 Å². The highest BCUT2D eigenvalue weighted by Gasteiger charge is 2.12. The van der Waals surface area contributed by atoms with E-state index < -0.39 is 0 Å². The second kappa shape index (κ2) is 14.5. The number of hydrogen-bond acceptors (Lipinski definition) is 5. The van der Waals surface area contributed by atoms with Crippen molar-refractivity contribution < 1.29 is 4.74 Å². The molecule has 2 rings (SSSR count). The lowest BCUT2D eigenvalue weighted by atomic mass is 10.1. The molecule has 0 unspecified atom stereocenters. The number of thioether (sulfide) groups is 1. The van der Waals surface area contributed by atoms with Crippen LogP contribution in [0.4, 0.5) is 0 Å². The highest BCUT2D eigenvalue weighted by Crippen LogP contribution is 2.20. The molecule has 1 aromatic heterocycles. The molecule has 0 saturated carbocycles. The molecule has 0 aliphatic heterocycles. The van der Waals surface area contributed by atoms with Gasteiger partial charge < -0.3 is 19.9 Å². The molecule has 1 heterocycles. The molecule has 0 atom stereocenters. The van der Waals surface area contributed by atoms with E-state index in [0.717, 1.165) is 60.7 Å². The first kappa shape index (κ1) is 27.5. The molecule has 2 aromatic rings. The molecule has 9 heteroatoms. The predicted molar refractivity (Wildman–Crippen MR) is 141 cm³/mol. The van der Waals surface area contributed by atoms with Gasteiger partial charge in [0.05, 0.1) is 13.7 Å². The van der Waals surface area contributed by atoms with Crippen LogP contribution in [0.1, 0.15) is 44.1 Å². The number of nitrogens with zero attached hydrogens (tertiary/aromatic N) is 4. The number of aryl methyl sites for hydroxylation is 2. The largest absolute Gasteiger partial charge is 0.496 e. The van der Waals surface area contributed by atoms with Crippen molar-refractivity contribution in [3.8, 4) is 5.75 Å². The second-order valence-electron chi connectivity index (χ2n) is 7.65. The summed E-state index contributed by atoms with van der Waals surface area (Å²) < 4.78 is 7.74. The Kier molecular flexibility index (Phi) is 12.9. The first-order valence-corrected chi connectivity index (χ1v) is 11.8. The third-order valence-electron chi connectivity index (χ3n) is 4.59. The highest BCUT2D eigenvalue weighted by atomic mass is 127. The molecular formula is C22H37IN6OS. The van der Waals surface area contributed by atoms with Crippen LogP contribution in [0.15, 0.2) is 28.3 Å². The van der Waals surface area contributed by atoms with Crippen LogP contribution in [-0.4, -0.2) is 47.2 Å². The fourth-order valence-corrected chi connectivity index (χ4v) is 3.67. The average Bonchev–Trinajstić information content (AvgIpc) is 3.10. The van der Waals surface area contributed by atoms with Crippen molar-refractivity contribution in [1.82, 2.24) is 25.4 Å². The van der Waals surface area contributed by atoms with Crippen LogP contribution in [0.5, 0.6) is 5.75 Å². The topological polar surface area (TPSA) is 76.4 Å². The average molecular weight is 561 g/mol. The van der Waals surface area contributed by atoms with Crippen LogP contribution in [0.25, 0.3) is 0 Å². The standard InChI is InChI=1S/C22H36N6OS.HI/c1-7-23-21(25-14-18-11-10-17(4)13-19(18)29-5)24-12-8-9-20-26-27-22(30-6)28(20)15-16(2)3;/h10-11,13,16H,7-9,12,14-15H2,1-6H3,(H2,23,24,25);1H. The Balaban J connectivity index is 0.00000480. The van der Waals surface area contributed by atoms with Crippen LogP contribution in [0.2, 0.25) is 0 Å². The summed E-state index contributed by atoms with van der Waals surface area (Å²) >= 11 is 1.65. The smallest absolute Gasteiger partial charge is 0.191 e. The van der Waals surface area contributed by atoms with Crippen molar-refractivity contribution >= 4 is 41.7 Å². The van der Waals surface area contributed by atoms with Gasteiger partial charge in [-0.25, -0.2) is 4.99 Å². The molecule has 7 nitrogen and oxygen atoms in total. The molecule has 1 aromatic carbocycles. The summed E-state index contributed by atoms with van der Waals surface area (Å²) in [5.41, 5.74) is 2.26. The third-order valence-corrected chi connectivity index (χ3v) is 5.25. The number of methoxy groups -OCH3 is 1. The molecule has 0 saturated heterocycles. The first-order chi connectivity index (χ1) is 14.5. The Morgan fingerprint density at radius 1 is 1.26 bits per heavy atom. The van der Waals surface area contributed by atoms with E-state index in [9.17, 15) is 0 Å². The molecule has 31 heavy (non-hydrogen) atoms. The number of rotatable bonds is 11. The van der Waals surface area contributed by atoms with Gasteiger partial charge in [-0.1, -0.05) is 37.7 Å². The third kappa shape index (κ3) is 8.88. The maximum atomic E-state index is 5.49. The molecule has 0 fully saturated rings. The first-order valence-electron chi connectivity index (χ1n) is 10.6. The Bertz CT molecular complexity index is 824. The lowest BCUT2D eigenvalue weighted by Gasteiger charge is -2.13. The Labute approximate surface area is 208 Å². The molecule has 2 N–H and O–H groups in total. The fourth-order valence-electron chi connectivity index (χ4n) is 3.15. The summed E-state index contributed by atoms with van der Waals surface area (Å²) in [5.74, 6) is 3.31. The zero-order valence-electron chi connectivity index (χ0n) is 19.6. The van der Waals surface area contributed by atoms with E-state index in [1.807, 2.05) is 12.3 Å². The van der Waals surface area contributed by atoms with E-state index in [2.05, 4.69) is 65.2 Å². The van der Waals surface area contributed by atoms with Gasteiger partial charge in [0.2, 0.25) is 0 Å². The highest BCUT2D eigenvalue weighted by molar-refractivity contribution is 14.0.